The first-order valence-electron chi connectivity index (χ1n) is 9.40. The molecule has 0 atom stereocenters. The molecule has 3 aliphatic carbocycles. The summed E-state index contributed by atoms with van der Waals surface area (Å²) in [4.78, 5) is 4.08. The Hall–Kier alpha value is -0.980. The molecule has 0 aromatic heterocycles. The van der Waals surface area contributed by atoms with Gasteiger partial charge >= 0.3 is 0 Å². The van der Waals surface area contributed by atoms with Crippen LogP contribution in [0.2, 0.25) is 0 Å². The quantitative estimate of drug-likeness (QED) is 0.299. The zero-order valence-corrected chi connectivity index (χ0v) is 15.3. The standard InChI is InChI=1S/C21H29NS/c1-2-3-4-5-10-20-11-14-21(15-12-20,16-13-20)18-6-8-19(9-7-18)22-17-23/h6-9H,2-5,10-16H2,1H3. The lowest BCUT2D eigenvalue weighted by Gasteiger charge is -2.54. The number of fused-ring (bicyclic) bond motifs is 3. The number of hydrogen-bond acceptors (Lipinski definition) is 2. The summed E-state index contributed by atoms with van der Waals surface area (Å²) in [6.07, 6.45) is 15.6. The van der Waals surface area contributed by atoms with Crippen molar-refractivity contribution in [3.63, 3.8) is 0 Å². The van der Waals surface area contributed by atoms with Crippen LogP contribution >= 0.6 is 12.2 Å². The molecule has 0 spiro atoms. The number of benzene rings is 1. The zero-order chi connectivity index (χ0) is 16.2. The van der Waals surface area contributed by atoms with Crippen molar-refractivity contribution < 1.29 is 0 Å². The molecule has 23 heavy (non-hydrogen) atoms. The normalized spacial score (nSPS) is 29.3. The fraction of sp³-hybridized carbons (Fsp3) is 0.667. The molecule has 124 valence electrons. The largest absolute Gasteiger partial charge is 0.195 e. The first kappa shape index (κ1) is 16.9. The van der Waals surface area contributed by atoms with Crippen LogP contribution in [-0.4, -0.2) is 5.16 Å². The molecule has 4 rings (SSSR count). The first-order chi connectivity index (χ1) is 11.2. The monoisotopic (exact) mass is 327 g/mol. The van der Waals surface area contributed by atoms with Crippen LogP contribution in [0.15, 0.2) is 29.3 Å². The molecule has 0 amide bonds. The minimum absolute atomic E-state index is 0.449. The molecule has 2 bridgehead atoms. The number of hydrogen-bond donors (Lipinski definition) is 0. The van der Waals surface area contributed by atoms with E-state index in [0.717, 1.165) is 5.69 Å². The van der Waals surface area contributed by atoms with Crippen LogP contribution < -0.4 is 0 Å². The Morgan fingerprint density at radius 2 is 1.61 bits per heavy atom. The van der Waals surface area contributed by atoms with Gasteiger partial charge in [0.2, 0.25) is 0 Å². The smallest absolute Gasteiger partial charge is 0.0739 e. The van der Waals surface area contributed by atoms with Crippen molar-refractivity contribution in [2.75, 3.05) is 0 Å². The van der Waals surface area contributed by atoms with E-state index in [2.05, 4.69) is 53.6 Å². The van der Waals surface area contributed by atoms with E-state index in [0.29, 0.717) is 10.8 Å². The van der Waals surface area contributed by atoms with Crippen LogP contribution in [0.1, 0.15) is 83.1 Å². The van der Waals surface area contributed by atoms with E-state index in [1.807, 2.05) is 0 Å². The molecule has 2 heteroatoms. The van der Waals surface area contributed by atoms with Crippen molar-refractivity contribution >= 4 is 23.1 Å². The lowest BCUT2D eigenvalue weighted by molar-refractivity contribution is 0.0305. The van der Waals surface area contributed by atoms with E-state index in [1.165, 1.54) is 76.2 Å². The van der Waals surface area contributed by atoms with Crippen LogP contribution in [0, 0.1) is 5.41 Å². The van der Waals surface area contributed by atoms with E-state index in [4.69, 9.17) is 0 Å². The highest BCUT2D eigenvalue weighted by molar-refractivity contribution is 7.78. The van der Waals surface area contributed by atoms with Crippen molar-refractivity contribution in [1.29, 1.82) is 0 Å². The number of unbranched alkanes of at least 4 members (excludes halogenated alkanes) is 3. The molecule has 0 unspecified atom stereocenters. The Morgan fingerprint density at radius 1 is 0.957 bits per heavy atom. The molecule has 3 aliphatic rings. The van der Waals surface area contributed by atoms with Crippen molar-refractivity contribution in [3.8, 4) is 0 Å². The Balaban J connectivity index is 1.63. The van der Waals surface area contributed by atoms with Gasteiger partial charge in [0, 0.05) is 0 Å². The van der Waals surface area contributed by atoms with Crippen molar-refractivity contribution in [3.05, 3.63) is 29.8 Å². The van der Waals surface area contributed by atoms with Crippen LogP contribution in [0.5, 0.6) is 0 Å². The topological polar surface area (TPSA) is 12.4 Å². The predicted octanol–water partition coefficient (Wildman–Crippen LogP) is 6.98. The van der Waals surface area contributed by atoms with Gasteiger partial charge in [0.25, 0.3) is 0 Å². The SMILES string of the molecule is CCCCCCC12CCC(c3ccc(N=C=S)cc3)(CC1)CC2. The van der Waals surface area contributed by atoms with Crippen molar-refractivity contribution in [2.45, 2.75) is 83.0 Å². The second kappa shape index (κ2) is 7.28. The van der Waals surface area contributed by atoms with Crippen LogP contribution in [0.4, 0.5) is 5.69 Å². The molecule has 1 nitrogen and oxygen atoms in total. The second-order valence-electron chi connectivity index (χ2n) is 7.84. The predicted molar refractivity (Wildman–Crippen MR) is 102 cm³/mol. The highest BCUT2D eigenvalue weighted by atomic mass is 32.1. The van der Waals surface area contributed by atoms with Gasteiger partial charge in [-0.15, -0.1) is 0 Å². The molecular formula is C21H29NS. The lowest BCUT2D eigenvalue weighted by atomic mass is 9.51. The van der Waals surface area contributed by atoms with Gasteiger partial charge in [-0.3, -0.25) is 0 Å². The molecule has 1 aromatic carbocycles. The average Bonchev–Trinajstić information content (AvgIpc) is 2.61. The van der Waals surface area contributed by atoms with Gasteiger partial charge in [-0.1, -0.05) is 44.7 Å². The van der Waals surface area contributed by atoms with Gasteiger partial charge in [0.05, 0.1) is 10.8 Å². The third kappa shape index (κ3) is 3.59. The Bertz CT molecular complexity index is 543. The minimum Gasteiger partial charge on any atom is -0.195 e. The summed E-state index contributed by atoms with van der Waals surface area (Å²) in [7, 11) is 0. The number of isothiocyanates is 1. The fourth-order valence-electron chi connectivity index (χ4n) is 4.94. The zero-order valence-electron chi connectivity index (χ0n) is 14.4. The summed E-state index contributed by atoms with van der Waals surface area (Å²) >= 11 is 4.69. The third-order valence-electron chi connectivity index (χ3n) is 6.62. The second-order valence-corrected chi connectivity index (χ2v) is 8.02. The molecule has 0 heterocycles. The highest BCUT2D eigenvalue weighted by Crippen LogP contribution is 2.59. The number of rotatable bonds is 7. The molecule has 0 saturated heterocycles. The Kier molecular flexibility index (Phi) is 5.34. The summed E-state index contributed by atoms with van der Waals surface area (Å²) in [5.74, 6) is 0. The van der Waals surface area contributed by atoms with E-state index in [-0.39, 0.29) is 0 Å². The highest BCUT2D eigenvalue weighted by Gasteiger charge is 2.48. The van der Waals surface area contributed by atoms with E-state index in [1.54, 1.807) is 0 Å². The summed E-state index contributed by atoms with van der Waals surface area (Å²) < 4.78 is 0. The molecule has 0 radical (unpaired) electrons. The number of aliphatic imine (C=N–C) groups is 1. The Morgan fingerprint density at radius 3 is 2.17 bits per heavy atom. The van der Waals surface area contributed by atoms with Crippen LogP contribution in [0.3, 0.4) is 0 Å². The van der Waals surface area contributed by atoms with Crippen LogP contribution in [0.25, 0.3) is 0 Å². The van der Waals surface area contributed by atoms with Crippen molar-refractivity contribution in [1.82, 2.24) is 0 Å². The third-order valence-corrected chi connectivity index (χ3v) is 6.71. The van der Waals surface area contributed by atoms with Gasteiger partial charge in [-0.25, -0.2) is 0 Å². The fourth-order valence-corrected chi connectivity index (χ4v) is 5.05. The summed E-state index contributed by atoms with van der Waals surface area (Å²) in [6, 6.07) is 8.77. The maximum atomic E-state index is 4.69. The van der Waals surface area contributed by atoms with Crippen molar-refractivity contribution in [2.24, 2.45) is 10.4 Å². The molecule has 3 saturated carbocycles. The van der Waals surface area contributed by atoms with Gasteiger partial charge in [0.1, 0.15) is 0 Å². The van der Waals surface area contributed by atoms with Crippen LogP contribution in [-0.2, 0) is 5.41 Å². The van der Waals surface area contributed by atoms with Gasteiger partial charge in [-0.05, 0) is 85.7 Å². The lowest BCUT2D eigenvalue weighted by Crippen LogP contribution is -2.44. The molecule has 0 N–H and O–H groups in total. The van der Waals surface area contributed by atoms with E-state index < -0.39 is 0 Å². The maximum absolute atomic E-state index is 4.69. The molecule has 0 aliphatic heterocycles. The summed E-state index contributed by atoms with van der Waals surface area (Å²) in [5, 5.41) is 2.46. The summed E-state index contributed by atoms with van der Waals surface area (Å²) in [5.41, 5.74) is 3.60. The van der Waals surface area contributed by atoms with E-state index >= 15 is 0 Å². The summed E-state index contributed by atoms with van der Waals surface area (Å²) in [6.45, 7) is 2.30. The number of thiocarbonyl (C=S) groups is 1. The number of nitrogens with zero attached hydrogens (tertiary/aromatic N) is 1. The Labute approximate surface area is 146 Å². The van der Waals surface area contributed by atoms with E-state index in [9.17, 15) is 0 Å². The average molecular weight is 328 g/mol. The van der Waals surface area contributed by atoms with Gasteiger partial charge in [0.15, 0.2) is 0 Å². The van der Waals surface area contributed by atoms with Gasteiger partial charge in [-0.2, -0.15) is 4.99 Å². The first-order valence-corrected chi connectivity index (χ1v) is 9.81. The maximum Gasteiger partial charge on any atom is 0.0739 e. The minimum atomic E-state index is 0.449. The molecule has 3 fully saturated rings. The van der Waals surface area contributed by atoms with Gasteiger partial charge < -0.3 is 0 Å². The molecular weight excluding hydrogens is 298 g/mol. The molecule has 1 aromatic rings.